The highest BCUT2D eigenvalue weighted by atomic mass is 19.1. The van der Waals surface area contributed by atoms with E-state index in [4.69, 9.17) is 5.73 Å². The number of aliphatic hydroxyl groups is 1. The molecule has 1 aliphatic heterocycles. The largest absolute Gasteiger partial charge is 0.394 e. The van der Waals surface area contributed by atoms with E-state index in [0.717, 1.165) is 59.8 Å². The zero-order chi connectivity index (χ0) is 27.9. The number of aliphatic hydroxyl groups excluding tert-OH is 1. The van der Waals surface area contributed by atoms with Crippen LogP contribution in [0.4, 0.5) is 16.2 Å². The number of halogens is 1. The predicted molar refractivity (Wildman–Crippen MR) is 150 cm³/mol. The van der Waals surface area contributed by atoms with Crippen molar-refractivity contribution in [3.63, 3.8) is 0 Å². The van der Waals surface area contributed by atoms with E-state index in [1.165, 1.54) is 12.1 Å². The highest BCUT2D eigenvalue weighted by Gasteiger charge is 2.26. The number of hydrogen-bond donors (Lipinski definition) is 2. The molecule has 0 spiro atoms. The Morgan fingerprint density at radius 2 is 1.62 bits per heavy atom. The maximum atomic E-state index is 13.4. The standard InChI is InChI=1S/C28H31FN10O/c1-19(17-40)38-16-21(12-34-38)20-11-25-26(33-18-35-39(25)15-20)36-7-9-37(10-8-36)27-31-13-23(14-32-27)28(2,30)22-3-5-24(29)6-4-22/h3-6,11-16,18-19,40H,7-10,17,30H2,1-2H3/t19-,28+/m1/s1. The third-order valence-corrected chi connectivity index (χ3v) is 7.58. The molecule has 40 heavy (non-hydrogen) atoms. The number of aromatic nitrogens is 7. The summed E-state index contributed by atoms with van der Waals surface area (Å²) in [6, 6.07) is 8.16. The van der Waals surface area contributed by atoms with Gasteiger partial charge in [0, 0.05) is 67.7 Å². The van der Waals surface area contributed by atoms with Gasteiger partial charge in [0.15, 0.2) is 5.82 Å². The quantitative estimate of drug-likeness (QED) is 0.319. The van der Waals surface area contributed by atoms with Gasteiger partial charge in [-0.15, -0.1) is 0 Å². The van der Waals surface area contributed by atoms with E-state index < -0.39 is 5.54 Å². The van der Waals surface area contributed by atoms with Crippen LogP contribution in [0.15, 0.2) is 67.6 Å². The molecule has 5 heterocycles. The van der Waals surface area contributed by atoms with Gasteiger partial charge in [0.05, 0.1) is 24.4 Å². The summed E-state index contributed by atoms with van der Waals surface area (Å²) in [5, 5.41) is 18.2. The van der Waals surface area contributed by atoms with Gasteiger partial charge in [0.1, 0.15) is 17.7 Å². The Labute approximate surface area is 230 Å². The lowest BCUT2D eigenvalue weighted by Gasteiger charge is -2.35. The second-order valence-corrected chi connectivity index (χ2v) is 10.3. The highest BCUT2D eigenvalue weighted by Crippen LogP contribution is 2.29. The molecule has 5 aromatic rings. The Hall–Kier alpha value is -4.42. The van der Waals surface area contributed by atoms with Crippen molar-refractivity contribution in [3.05, 3.63) is 84.6 Å². The predicted octanol–water partition coefficient (Wildman–Crippen LogP) is 2.62. The summed E-state index contributed by atoms with van der Waals surface area (Å²) in [6.45, 7) is 6.76. The van der Waals surface area contributed by atoms with Crippen molar-refractivity contribution in [1.29, 1.82) is 0 Å². The van der Waals surface area contributed by atoms with E-state index in [0.29, 0.717) is 5.95 Å². The van der Waals surface area contributed by atoms with Gasteiger partial charge in [0.2, 0.25) is 5.95 Å². The van der Waals surface area contributed by atoms with Crippen LogP contribution in [0, 0.1) is 5.82 Å². The molecule has 1 aromatic carbocycles. The molecule has 1 aliphatic rings. The molecule has 6 rings (SSSR count). The summed E-state index contributed by atoms with van der Waals surface area (Å²) >= 11 is 0. The maximum Gasteiger partial charge on any atom is 0.225 e. The smallest absolute Gasteiger partial charge is 0.225 e. The van der Waals surface area contributed by atoms with Gasteiger partial charge in [-0.05, 0) is 37.6 Å². The topological polar surface area (TPSA) is 127 Å². The first kappa shape index (κ1) is 25.8. The minimum atomic E-state index is -0.838. The second kappa shape index (κ2) is 10.3. The monoisotopic (exact) mass is 542 g/mol. The van der Waals surface area contributed by atoms with Gasteiger partial charge < -0.3 is 20.6 Å². The average molecular weight is 543 g/mol. The van der Waals surface area contributed by atoms with E-state index in [9.17, 15) is 9.50 Å². The van der Waals surface area contributed by atoms with E-state index in [2.05, 4.69) is 41.0 Å². The molecule has 2 atom stereocenters. The van der Waals surface area contributed by atoms with Gasteiger partial charge in [-0.25, -0.2) is 23.9 Å². The van der Waals surface area contributed by atoms with Crippen molar-refractivity contribution >= 4 is 17.3 Å². The molecule has 0 bridgehead atoms. The van der Waals surface area contributed by atoms with Crippen molar-refractivity contribution in [2.24, 2.45) is 5.73 Å². The van der Waals surface area contributed by atoms with Gasteiger partial charge in [-0.1, -0.05) is 12.1 Å². The fraction of sp³-hybridized carbons (Fsp3) is 0.321. The first-order valence-electron chi connectivity index (χ1n) is 13.2. The van der Waals surface area contributed by atoms with Crippen LogP contribution in [-0.2, 0) is 5.54 Å². The van der Waals surface area contributed by atoms with Crippen molar-refractivity contribution in [2.75, 3.05) is 42.6 Å². The Morgan fingerprint density at radius 3 is 2.33 bits per heavy atom. The molecular weight excluding hydrogens is 511 g/mol. The lowest BCUT2D eigenvalue weighted by Crippen LogP contribution is -2.47. The molecule has 12 heteroatoms. The van der Waals surface area contributed by atoms with Crippen LogP contribution >= 0.6 is 0 Å². The van der Waals surface area contributed by atoms with E-state index >= 15 is 0 Å². The Bertz CT molecular complexity index is 1600. The molecular formula is C28H31FN10O. The number of nitrogens with two attached hydrogens (primary N) is 1. The maximum absolute atomic E-state index is 13.4. The summed E-state index contributed by atoms with van der Waals surface area (Å²) in [4.78, 5) is 18.2. The fourth-order valence-electron chi connectivity index (χ4n) is 4.96. The van der Waals surface area contributed by atoms with Crippen LogP contribution in [0.1, 0.15) is 31.0 Å². The molecule has 4 aromatic heterocycles. The summed E-state index contributed by atoms with van der Waals surface area (Å²) in [6.07, 6.45) is 10.8. The van der Waals surface area contributed by atoms with Gasteiger partial charge in [-0.2, -0.15) is 10.2 Å². The molecule has 0 saturated carbocycles. The van der Waals surface area contributed by atoms with Crippen LogP contribution in [0.2, 0.25) is 0 Å². The average Bonchev–Trinajstić information content (AvgIpc) is 3.65. The van der Waals surface area contributed by atoms with Crippen molar-refractivity contribution in [3.8, 4) is 11.1 Å². The number of anilines is 2. The molecule has 0 amide bonds. The minimum Gasteiger partial charge on any atom is -0.394 e. The summed E-state index contributed by atoms with van der Waals surface area (Å²) in [5.41, 5.74) is 10.1. The molecule has 0 radical (unpaired) electrons. The van der Waals surface area contributed by atoms with E-state index in [1.807, 2.05) is 30.8 Å². The summed E-state index contributed by atoms with van der Waals surface area (Å²) < 4.78 is 17.0. The van der Waals surface area contributed by atoms with Gasteiger partial charge >= 0.3 is 0 Å². The Morgan fingerprint density at radius 1 is 0.925 bits per heavy atom. The number of benzene rings is 1. The third-order valence-electron chi connectivity index (χ3n) is 7.58. The number of hydrogen-bond acceptors (Lipinski definition) is 9. The zero-order valence-electron chi connectivity index (χ0n) is 22.4. The first-order chi connectivity index (χ1) is 19.3. The molecule has 206 valence electrons. The molecule has 3 N–H and O–H groups in total. The Kier molecular flexibility index (Phi) is 6.64. The van der Waals surface area contributed by atoms with Crippen LogP contribution in [0.3, 0.4) is 0 Å². The van der Waals surface area contributed by atoms with Crippen molar-refractivity contribution < 1.29 is 9.50 Å². The summed E-state index contributed by atoms with van der Waals surface area (Å²) in [5.74, 6) is 1.21. The number of nitrogens with zero attached hydrogens (tertiary/aromatic N) is 9. The lowest BCUT2D eigenvalue weighted by atomic mass is 9.87. The molecule has 1 saturated heterocycles. The number of fused-ring (bicyclic) bond motifs is 1. The third kappa shape index (κ3) is 4.75. The van der Waals surface area contributed by atoms with Gasteiger partial charge in [0.25, 0.3) is 0 Å². The van der Waals surface area contributed by atoms with Crippen LogP contribution < -0.4 is 15.5 Å². The van der Waals surface area contributed by atoms with Crippen LogP contribution in [-0.4, -0.2) is 72.2 Å². The first-order valence-corrected chi connectivity index (χ1v) is 13.2. The molecule has 0 unspecified atom stereocenters. The number of piperazine rings is 1. The fourth-order valence-corrected chi connectivity index (χ4v) is 4.96. The molecule has 1 fully saturated rings. The second-order valence-electron chi connectivity index (χ2n) is 10.3. The van der Waals surface area contributed by atoms with E-state index in [-0.39, 0.29) is 18.5 Å². The Balaban J connectivity index is 1.16. The SMILES string of the molecule is C[C@H](CO)n1cc(-c2cc3c(N4CCN(c5ncc([C@@](C)(N)c6ccc(F)cc6)cn5)CC4)ncnn3c2)cn1. The van der Waals surface area contributed by atoms with E-state index in [1.54, 1.807) is 41.7 Å². The van der Waals surface area contributed by atoms with Crippen LogP contribution in [0.25, 0.3) is 16.6 Å². The summed E-state index contributed by atoms with van der Waals surface area (Å²) in [7, 11) is 0. The minimum absolute atomic E-state index is 0.0258. The normalized spacial score (nSPS) is 16.3. The lowest BCUT2D eigenvalue weighted by molar-refractivity contribution is 0.230. The van der Waals surface area contributed by atoms with Gasteiger partial charge in [-0.3, -0.25) is 4.68 Å². The van der Waals surface area contributed by atoms with Crippen LogP contribution in [0.5, 0.6) is 0 Å². The highest BCUT2D eigenvalue weighted by molar-refractivity contribution is 5.77. The number of rotatable bonds is 7. The van der Waals surface area contributed by atoms with Crippen molar-refractivity contribution in [2.45, 2.75) is 25.4 Å². The molecule has 11 nitrogen and oxygen atoms in total. The molecule has 0 aliphatic carbocycles. The zero-order valence-corrected chi connectivity index (χ0v) is 22.4. The van der Waals surface area contributed by atoms with Crippen molar-refractivity contribution in [1.82, 2.24) is 34.3 Å².